The van der Waals surface area contributed by atoms with Crippen LogP contribution in [0.2, 0.25) is 0 Å². The molecule has 0 aliphatic carbocycles. The van der Waals surface area contributed by atoms with E-state index in [1.807, 2.05) is 44.4 Å². The molecule has 0 fully saturated rings. The third kappa shape index (κ3) is 3.89. The van der Waals surface area contributed by atoms with Gasteiger partial charge in [0.15, 0.2) is 0 Å². The molecule has 3 aromatic rings. The highest BCUT2D eigenvalue weighted by Crippen LogP contribution is 2.33. The molecule has 0 saturated heterocycles. The van der Waals surface area contributed by atoms with Crippen LogP contribution < -0.4 is 5.32 Å². The van der Waals surface area contributed by atoms with Gasteiger partial charge in [-0.1, -0.05) is 18.2 Å². The first kappa shape index (κ1) is 17.6. The largest absolute Gasteiger partial charge is 0.321 e. The molecule has 1 aromatic heterocycles. The topological polar surface area (TPSA) is 32.3 Å². The fourth-order valence-corrected chi connectivity index (χ4v) is 3.88. The summed E-state index contributed by atoms with van der Waals surface area (Å²) in [5.41, 5.74) is 2.67. The molecule has 3 rings (SSSR count). The number of fused-ring (bicyclic) bond motifs is 1. The zero-order valence-corrected chi connectivity index (χ0v) is 15.4. The van der Waals surface area contributed by atoms with Gasteiger partial charge in [-0.25, -0.2) is 4.39 Å². The van der Waals surface area contributed by atoms with Gasteiger partial charge in [0.05, 0.1) is 4.88 Å². The van der Waals surface area contributed by atoms with Crippen LogP contribution in [0.3, 0.4) is 0 Å². The number of carbonyl (C=O) groups excluding carboxylic acids is 1. The van der Waals surface area contributed by atoms with Crippen molar-refractivity contribution in [3.8, 4) is 0 Å². The Bertz CT molecular complexity index is 900. The van der Waals surface area contributed by atoms with Gasteiger partial charge in [-0.2, -0.15) is 0 Å². The number of nitrogens with one attached hydrogen (secondary N) is 1. The van der Waals surface area contributed by atoms with Crippen LogP contribution in [0.4, 0.5) is 10.1 Å². The average Bonchev–Trinajstić information content (AvgIpc) is 2.92. The molecule has 0 bridgehead atoms. The van der Waals surface area contributed by atoms with Crippen LogP contribution in [-0.2, 0) is 6.42 Å². The third-order valence-corrected chi connectivity index (χ3v) is 5.42. The summed E-state index contributed by atoms with van der Waals surface area (Å²) >= 11 is 1.32. The number of amides is 1. The second-order valence-electron chi connectivity index (χ2n) is 6.37. The van der Waals surface area contributed by atoms with Gasteiger partial charge in [0.1, 0.15) is 5.82 Å². The van der Waals surface area contributed by atoms with Crippen molar-refractivity contribution in [2.75, 3.05) is 26.0 Å². The number of halogens is 1. The Hall–Kier alpha value is -2.24. The molecule has 1 amide bonds. The summed E-state index contributed by atoms with van der Waals surface area (Å²) in [6.45, 7) is 2.78. The number of benzene rings is 2. The van der Waals surface area contributed by atoms with Crippen molar-refractivity contribution in [3.05, 3.63) is 64.3 Å². The highest BCUT2D eigenvalue weighted by molar-refractivity contribution is 7.21. The molecule has 0 spiro atoms. The van der Waals surface area contributed by atoms with E-state index < -0.39 is 0 Å². The van der Waals surface area contributed by atoms with Crippen LogP contribution >= 0.6 is 11.3 Å². The highest BCUT2D eigenvalue weighted by Gasteiger charge is 2.17. The number of likely N-dealkylation sites (N-methyl/N-ethyl adjacent to an activating group) is 1. The maximum Gasteiger partial charge on any atom is 0.266 e. The summed E-state index contributed by atoms with van der Waals surface area (Å²) in [6, 6.07) is 12.8. The standard InChI is InChI=1S/C20H21FN2OS/c1-13-18-16(21)5-4-6-17(18)25-19(13)20(24)22-15-9-7-14(8-10-15)11-12-23(2)3/h4-10H,11-12H2,1-3H3,(H,22,24). The minimum absolute atomic E-state index is 0.195. The predicted molar refractivity (Wildman–Crippen MR) is 103 cm³/mol. The maximum atomic E-state index is 14.0. The summed E-state index contributed by atoms with van der Waals surface area (Å²) < 4.78 is 14.8. The minimum Gasteiger partial charge on any atom is -0.321 e. The zero-order valence-electron chi connectivity index (χ0n) is 14.6. The molecule has 3 nitrogen and oxygen atoms in total. The number of carbonyl (C=O) groups is 1. The van der Waals surface area contributed by atoms with Crippen molar-refractivity contribution in [3.63, 3.8) is 0 Å². The molecule has 0 unspecified atom stereocenters. The first-order valence-corrected chi connectivity index (χ1v) is 9.00. The lowest BCUT2D eigenvalue weighted by atomic mass is 10.1. The Morgan fingerprint density at radius 2 is 1.88 bits per heavy atom. The number of aryl methyl sites for hydroxylation is 1. The summed E-state index contributed by atoms with van der Waals surface area (Å²) in [4.78, 5) is 15.3. The predicted octanol–water partition coefficient (Wildman–Crippen LogP) is 4.71. The number of nitrogens with zero attached hydrogens (tertiary/aromatic N) is 1. The minimum atomic E-state index is -0.282. The molecule has 0 aliphatic rings. The maximum absolute atomic E-state index is 14.0. The molecular formula is C20H21FN2OS. The van der Waals surface area contributed by atoms with E-state index in [0.717, 1.165) is 23.4 Å². The number of rotatable bonds is 5. The molecule has 130 valence electrons. The van der Waals surface area contributed by atoms with Gasteiger partial charge in [-0.3, -0.25) is 4.79 Å². The van der Waals surface area contributed by atoms with Gasteiger partial charge < -0.3 is 10.2 Å². The van der Waals surface area contributed by atoms with E-state index in [0.29, 0.717) is 15.8 Å². The lowest BCUT2D eigenvalue weighted by Gasteiger charge is -2.10. The van der Waals surface area contributed by atoms with Crippen molar-refractivity contribution in [2.45, 2.75) is 13.3 Å². The van der Waals surface area contributed by atoms with E-state index in [9.17, 15) is 9.18 Å². The van der Waals surface area contributed by atoms with E-state index in [4.69, 9.17) is 0 Å². The van der Waals surface area contributed by atoms with E-state index >= 15 is 0 Å². The molecule has 0 saturated carbocycles. The third-order valence-electron chi connectivity index (χ3n) is 4.17. The smallest absolute Gasteiger partial charge is 0.266 e. The molecule has 25 heavy (non-hydrogen) atoms. The fourth-order valence-electron chi connectivity index (χ4n) is 2.77. The van der Waals surface area contributed by atoms with Crippen molar-refractivity contribution in [1.82, 2.24) is 4.90 Å². The lowest BCUT2D eigenvalue weighted by molar-refractivity contribution is 0.103. The Morgan fingerprint density at radius 1 is 1.16 bits per heavy atom. The summed E-state index contributed by atoms with van der Waals surface area (Å²) in [5.74, 6) is -0.477. The van der Waals surface area contributed by atoms with Crippen LogP contribution in [0, 0.1) is 12.7 Å². The average molecular weight is 356 g/mol. The van der Waals surface area contributed by atoms with Gasteiger partial charge in [0.2, 0.25) is 0 Å². The Kier molecular flexibility index (Phi) is 5.16. The van der Waals surface area contributed by atoms with Crippen LogP contribution in [-0.4, -0.2) is 31.4 Å². The zero-order chi connectivity index (χ0) is 18.0. The van der Waals surface area contributed by atoms with E-state index in [1.165, 1.54) is 23.0 Å². The van der Waals surface area contributed by atoms with Crippen molar-refractivity contribution < 1.29 is 9.18 Å². The molecular weight excluding hydrogens is 335 g/mol. The normalized spacial score (nSPS) is 11.2. The summed E-state index contributed by atoms with van der Waals surface area (Å²) in [5, 5.41) is 3.45. The first-order chi connectivity index (χ1) is 12.0. The Balaban J connectivity index is 1.76. The molecule has 5 heteroatoms. The van der Waals surface area contributed by atoms with Crippen LogP contribution in [0.5, 0.6) is 0 Å². The SMILES string of the molecule is Cc1c(C(=O)Nc2ccc(CCN(C)C)cc2)sc2cccc(F)c12. The number of hydrogen-bond acceptors (Lipinski definition) is 3. The van der Waals surface area contributed by atoms with Crippen LogP contribution in [0.25, 0.3) is 10.1 Å². The molecule has 0 atom stereocenters. The van der Waals surface area contributed by atoms with Crippen LogP contribution in [0.15, 0.2) is 42.5 Å². The molecule has 0 aliphatic heterocycles. The molecule has 1 heterocycles. The number of anilines is 1. The van der Waals surface area contributed by atoms with Gasteiger partial charge in [-0.05, 0) is 62.8 Å². The summed E-state index contributed by atoms with van der Waals surface area (Å²) in [6.07, 6.45) is 0.968. The van der Waals surface area contributed by atoms with Gasteiger partial charge in [-0.15, -0.1) is 11.3 Å². The van der Waals surface area contributed by atoms with E-state index in [1.54, 1.807) is 13.0 Å². The number of thiophene rings is 1. The van der Waals surface area contributed by atoms with Gasteiger partial charge >= 0.3 is 0 Å². The summed E-state index contributed by atoms with van der Waals surface area (Å²) in [7, 11) is 4.09. The second-order valence-corrected chi connectivity index (χ2v) is 7.43. The van der Waals surface area contributed by atoms with E-state index in [-0.39, 0.29) is 11.7 Å². The van der Waals surface area contributed by atoms with Crippen molar-refractivity contribution >= 4 is 33.0 Å². The molecule has 0 radical (unpaired) electrons. The fraction of sp³-hybridized carbons (Fsp3) is 0.250. The molecule has 2 aromatic carbocycles. The monoisotopic (exact) mass is 356 g/mol. The second kappa shape index (κ2) is 7.33. The van der Waals surface area contributed by atoms with Gasteiger partial charge in [0.25, 0.3) is 5.91 Å². The van der Waals surface area contributed by atoms with Crippen LogP contribution in [0.1, 0.15) is 20.8 Å². The van der Waals surface area contributed by atoms with E-state index in [2.05, 4.69) is 10.2 Å². The van der Waals surface area contributed by atoms with Crippen molar-refractivity contribution in [1.29, 1.82) is 0 Å². The molecule has 1 N–H and O–H groups in total. The van der Waals surface area contributed by atoms with Gasteiger partial charge in [0, 0.05) is 22.3 Å². The quantitative estimate of drug-likeness (QED) is 0.718. The highest BCUT2D eigenvalue weighted by atomic mass is 32.1. The number of hydrogen-bond donors (Lipinski definition) is 1. The Morgan fingerprint density at radius 3 is 2.52 bits per heavy atom. The lowest BCUT2D eigenvalue weighted by Crippen LogP contribution is -2.15. The first-order valence-electron chi connectivity index (χ1n) is 8.18. The Labute approximate surface area is 151 Å². The van der Waals surface area contributed by atoms with Crippen molar-refractivity contribution in [2.24, 2.45) is 0 Å².